The van der Waals surface area contributed by atoms with Crippen LogP contribution in [0, 0.1) is 0 Å². The lowest BCUT2D eigenvalue weighted by Gasteiger charge is -2.10. The molecule has 2 aromatic heterocycles. The molecule has 4 nitrogen and oxygen atoms in total. The molecular weight excluding hydrogens is 272 g/mol. The Hall–Kier alpha value is -2.36. The van der Waals surface area contributed by atoms with Crippen LogP contribution < -0.4 is 5.32 Å². The lowest BCUT2D eigenvalue weighted by Crippen LogP contribution is -2.08. The fourth-order valence-electron chi connectivity index (χ4n) is 2.92. The van der Waals surface area contributed by atoms with Crippen LogP contribution in [-0.4, -0.2) is 14.8 Å². The first kappa shape index (κ1) is 13.3. The average molecular weight is 292 g/mol. The Morgan fingerprint density at radius 2 is 2.14 bits per heavy atom. The molecule has 0 saturated heterocycles. The Bertz CT molecular complexity index is 796. The van der Waals surface area contributed by atoms with Crippen molar-refractivity contribution in [1.82, 2.24) is 14.8 Å². The van der Waals surface area contributed by atoms with Crippen molar-refractivity contribution < 1.29 is 0 Å². The highest BCUT2D eigenvalue weighted by Crippen LogP contribution is 2.39. The highest BCUT2D eigenvalue weighted by atomic mass is 15.3. The number of rotatable bonds is 5. The molecule has 1 N–H and O–H groups in total. The predicted molar refractivity (Wildman–Crippen MR) is 88.9 cm³/mol. The van der Waals surface area contributed by atoms with Gasteiger partial charge in [-0.25, -0.2) is 0 Å². The lowest BCUT2D eigenvalue weighted by molar-refractivity contribution is 0.618. The molecule has 4 heteroatoms. The molecule has 0 aliphatic heterocycles. The van der Waals surface area contributed by atoms with E-state index in [1.165, 1.54) is 24.2 Å². The minimum atomic E-state index is 0.702. The Kier molecular flexibility index (Phi) is 3.29. The van der Waals surface area contributed by atoms with E-state index in [9.17, 15) is 0 Å². The summed E-state index contributed by atoms with van der Waals surface area (Å²) in [5.41, 5.74) is 4.67. The fourth-order valence-corrected chi connectivity index (χ4v) is 2.92. The summed E-state index contributed by atoms with van der Waals surface area (Å²) in [5.74, 6) is 0.702. The van der Waals surface area contributed by atoms with Crippen LogP contribution >= 0.6 is 0 Å². The zero-order chi connectivity index (χ0) is 14.9. The van der Waals surface area contributed by atoms with E-state index >= 15 is 0 Å². The van der Waals surface area contributed by atoms with Gasteiger partial charge in [-0.05, 0) is 50.1 Å². The quantitative estimate of drug-likeness (QED) is 0.774. The van der Waals surface area contributed by atoms with Crippen LogP contribution in [0.15, 0.2) is 42.6 Å². The van der Waals surface area contributed by atoms with E-state index in [0.29, 0.717) is 5.92 Å². The average Bonchev–Trinajstić information content (AvgIpc) is 3.33. The van der Waals surface area contributed by atoms with E-state index in [1.54, 1.807) is 0 Å². The van der Waals surface area contributed by atoms with Crippen molar-refractivity contribution in [3.05, 3.63) is 54.0 Å². The van der Waals surface area contributed by atoms with Gasteiger partial charge in [0, 0.05) is 29.7 Å². The smallest absolute Gasteiger partial charge is 0.0722 e. The summed E-state index contributed by atoms with van der Waals surface area (Å²) < 4.78 is 2.12. The first-order valence-corrected chi connectivity index (χ1v) is 7.99. The van der Waals surface area contributed by atoms with Gasteiger partial charge in [-0.1, -0.05) is 6.07 Å². The molecule has 0 atom stereocenters. The van der Waals surface area contributed by atoms with E-state index < -0.39 is 0 Å². The number of pyridine rings is 1. The molecule has 1 aliphatic rings. The van der Waals surface area contributed by atoms with Crippen molar-refractivity contribution in [2.45, 2.75) is 38.8 Å². The van der Waals surface area contributed by atoms with Crippen molar-refractivity contribution in [3.63, 3.8) is 0 Å². The van der Waals surface area contributed by atoms with E-state index in [4.69, 9.17) is 5.10 Å². The highest BCUT2D eigenvalue weighted by molar-refractivity contribution is 5.91. The Morgan fingerprint density at radius 1 is 1.23 bits per heavy atom. The van der Waals surface area contributed by atoms with Gasteiger partial charge in [0.25, 0.3) is 0 Å². The van der Waals surface area contributed by atoms with Crippen LogP contribution in [-0.2, 0) is 13.1 Å². The third-order valence-electron chi connectivity index (χ3n) is 4.28. The van der Waals surface area contributed by atoms with Crippen LogP contribution in [0.5, 0.6) is 0 Å². The maximum absolute atomic E-state index is 4.73. The third kappa shape index (κ3) is 2.45. The van der Waals surface area contributed by atoms with E-state index in [1.807, 2.05) is 24.4 Å². The van der Waals surface area contributed by atoms with Crippen molar-refractivity contribution in [1.29, 1.82) is 0 Å². The summed E-state index contributed by atoms with van der Waals surface area (Å²) in [6.07, 6.45) is 4.42. The molecule has 112 valence electrons. The van der Waals surface area contributed by atoms with Gasteiger partial charge in [0.1, 0.15) is 0 Å². The van der Waals surface area contributed by atoms with Crippen LogP contribution in [0.4, 0.5) is 5.69 Å². The number of nitrogens with one attached hydrogen (secondary N) is 1. The number of hydrogen-bond acceptors (Lipinski definition) is 3. The third-order valence-corrected chi connectivity index (χ3v) is 4.28. The second kappa shape index (κ2) is 5.44. The molecular formula is C18H20N4. The Labute approximate surface area is 130 Å². The van der Waals surface area contributed by atoms with Gasteiger partial charge in [0.05, 0.1) is 23.4 Å². The standard InChI is InChI=1S/C18H20N4/c1-2-22-14(11-18(21-22)13-8-9-13)12-20-17-7-3-6-16-15(17)5-4-10-19-16/h3-7,10-11,13,20H,2,8-9,12H2,1H3. The van der Waals surface area contributed by atoms with Gasteiger partial charge in [0.2, 0.25) is 0 Å². The minimum Gasteiger partial charge on any atom is -0.379 e. The molecule has 1 aromatic carbocycles. The zero-order valence-corrected chi connectivity index (χ0v) is 12.8. The second-order valence-electron chi connectivity index (χ2n) is 5.88. The molecule has 22 heavy (non-hydrogen) atoms. The van der Waals surface area contributed by atoms with Gasteiger partial charge in [-0.2, -0.15) is 5.10 Å². The summed E-state index contributed by atoms with van der Waals surface area (Å²) in [6, 6.07) is 12.6. The molecule has 1 fully saturated rings. The number of benzene rings is 1. The van der Waals surface area contributed by atoms with Crippen molar-refractivity contribution in [2.24, 2.45) is 0 Å². The molecule has 4 rings (SSSR count). The topological polar surface area (TPSA) is 42.7 Å². The fraction of sp³-hybridized carbons (Fsp3) is 0.333. The number of fused-ring (bicyclic) bond motifs is 1. The maximum Gasteiger partial charge on any atom is 0.0722 e. The van der Waals surface area contributed by atoms with E-state index in [2.05, 4.69) is 40.1 Å². The first-order valence-electron chi connectivity index (χ1n) is 7.99. The van der Waals surface area contributed by atoms with E-state index in [0.717, 1.165) is 29.7 Å². The number of anilines is 1. The normalized spacial score (nSPS) is 14.4. The lowest BCUT2D eigenvalue weighted by atomic mass is 10.2. The minimum absolute atomic E-state index is 0.702. The molecule has 1 saturated carbocycles. The maximum atomic E-state index is 4.73. The number of aromatic nitrogens is 3. The van der Waals surface area contributed by atoms with Gasteiger partial charge in [0.15, 0.2) is 0 Å². The summed E-state index contributed by atoms with van der Waals surface area (Å²) in [7, 11) is 0. The Balaban J connectivity index is 1.59. The van der Waals surface area contributed by atoms with Gasteiger partial charge < -0.3 is 5.32 Å². The number of aryl methyl sites for hydroxylation is 1. The largest absolute Gasteiger partial charge is 0.379 e. The monoisotopic (exact) mass is 292 g/mol. The van der Waals surface area contributed by atoms with Gasteiger partial charge in [-0.3, -0.25) is 9.67 Å². The first-order chi connectivity index (χ1) is 10.8. The van der Waals surface area contributed by atoms with Crippen LogP contribution in [0.2, 0.25) is 0 Å². The summed E-state index contributed by atoms with van der Waals surface area (Å²) in [6.45, 7) is 3.86. The van der Waals surface area contributed by atoms with Crippen molar-refractivity contribution in [3.8, 4) is 0 Å². The summed E-state index contributed by atoms with van der Waals surface area (Å²) in [5, 5.41) is 9.44. The second-order valence-corrected chi connectivity index (χ2v) is 5.88. The van der Waals surface area contributed by atoms with Crippen LogP contribution in [0.25, 0.3) is 10.9 Å². The molecule has 1 aliphatic carbocycles. The molecule has 2 heterocycles. The zero-order valence-electron chi connectivity index (χ0n) is 12.8. The van der Waals surface area contributed by atoms with Crippen LogP contribution in [0.1, 0.15) is 37.1 Å². The highest BCUT2D eigenvalue weighted by Gasteiger charge is 2.27. The molecule has 0 unspecified atom stereocenters. The van der Waals surface area contributed by atoms with Crippen molar-refractivity contribution in [2.75, 3.05) is 5.32 Å². The molecule has 3 aromatic rings. The van der Waals surface area contributed by atoms with Crippen molar-refractivity contribution >= 4 is 16.6 Å². The molecule has 0 bridgehead atoms. The predicted octanol–water partition coefficient (Wildman–Crippen LogP) is 3.94. The molecule has 0 spiro atoms. The molecule has 0 amide bonds. The summed E-state index contributed by atoms with van der Waals surface area (Å²) >= 11 is 0. The van der Waals surface area contributed by atoms with Crippen LogP contribution in [0.3, 0.4) is 0 Å². The van der Waals surface area contributed by atoms with Gasteiger partial charge >= 0.3 is 0 Å². The van der Waals surface area contributed by atoms with E-state index in [-0.39, 0.29) is 0 Å². The molecule has 0 radical (unpaired) electrons. The SMILES string of the molecule is CCn1nc(C2CC2)cc1CNc1cccc2ncccc12. The Morgan fingerprint density at radius 3 is 2.95 bits per heavy atom. The summed E-state index contributed by atoms with van der Waals surface area (Å²) in [4.78, 5) is 4.41. The van der Waals surface area contributed by atoms with Gasteiger partial charge in [-0.15, -0.1) is 0 Å². The number of hydrogen-bond donors (Lipinski definition) is 1. The number of nitrogens with zero attached hydrogens (tertiary/aromatic N) is 3.